The summed E-state index contributed by atoms with van der Waals surface area (Å²) >= 11 is 7.60. The van der Waals surface area contributed by atoms with E-state index in [1.165, 1.54) is 10.5 Å². The lowest BCUT2D eigenvalue weighted by molar-refractivity contribution is -0.127. The molecule has 0 N–H and O–H groups in total. The van der Waals surface area contributed by atoms with Crippen LogP contribution in [0.25, 0.3) is 0 Å². The van der Waals surface area contributed by atoms with Gasteiger partial charge in [0.05, 0.1) is 0 Å². The number of amides is 1. The van der Waals surface area contributed by atoms with Crippen molar-refractivity contribution < 1.29 is 4.79 Å². The molecule has 18 heavy (non-hydrogen) atoms. The van der Waals surface area contributed by atoms with E-state index in [4.69, 9.17) is 11.6 Å². The first-order valence-electron chi connectivity index (χ1n) is 6.22. The van der Waals surface area contributed by atoms with Crippen LogP contribution < -0.4 is 0 Å². The summed E-state index contributed by atoms with van der Waals surface area (Å²) in [4.78, 5) is 14.9. The van der Waals surface area contributed by atoms with Crippen LogP contribution in [0.3, 0.4) is 0 Å². The molecule has 0 saturated carbocycles. The molecule has 4 heteroatoms. The Morgan fingerprint density at radius 3 is 2.72 bits per heavy atom. The molecule has 1 unspecified atom stereocenters. The molecule has 0 aliphatic carbocycles. The molecule has 1 aliphatic heterocycles. The summed E-state index contributed by atoms with van der Waals surface area (Å²) in [5.41, 5.74) is 1.28. The molecule has 1 amide bonds. The number of aryl methyl sites for hydroxylation is 1. The number of hydrogen-bond donors (Lipinski definition) is 0. The van der Waals surface area contributed by atoms with Gasteiger partial charge in [-0.15, -0.1) is 23.4 Å². The van der Waals surface area contributed by atoms with Crippen LogP contribution in [0.2, 0.25) is 0 Å². The summed E-state index contributed by atoms with van der Waals surface area (Å²) in [6.45, 7) is 3.74. The van der Waals surface area contributed by atoms with Gasteiger partial charge in [0.2, 0.25) is 5.91 Å². The monoisotopic (exact) mass is 283 g/mol. The molecule has 1 saturated heterocycles. The van der Waals surface area contributed by atoms with Crippen LogP contribution in [-0.4, -0.2) is 35.5 Å². The summed E-state index contributed by atoms with van der Waals surface area (Å²) in [5, 5.41) is 0. The Morgan fingerprint density at radius 2 is 2.11 bits per heavy atom. The highest BCUT2D eigenvalue weighted by atomic mass is 35.5. The van der Waals surface area contributed by atoms with E-state index in [9.17, 15) is 4.79 Å². The van der Waals surface area contributed by atoms with Crippen LogP contribution in [0.5, 0.6) is 0 Å². The predicted molar refractivity (Wildman–Crippen MR) is 77.3 cm³/mol. The van der Waals surface area contributed by atoms with Crippen molar-refractivity contribution in [3.8, 4) is 0 Å². The minimum absolute atomic E-state index is 0.255. The van der Waals surface area contributed by atoms with Crippen LogP contribution >= 0.6 is 23.4 Å². The van der Waals surface area contributed by atoms with Gasteiger partial charge >= 0.3 is 0 Å². The van der Waals surface area contributed by atoms with Gasteiger partial charge in [0.1, 0.15) is 0 Å². The van der Waals surface area contributed by atoms with Gasteiger partial charge < -0.3 is 4.90 Å². The molecule has 2 nitrogen and oxygen atoms in total. The third kappa shape index (κ3) is 3.66. The Labute approximate surface area is 118 Å². The van der Waals surface area contributed by atoms with Gasteiger partial charge in [0.25, 0.3) is 0 Å². The van der Waals surface area contributed by atoms with E-state index in [0.717, 1.165) is 18.8 Å². The Morgan fingerprint density at radius 1 is 1.39 bits per heavy atom. The number of benzene rings is 1. The summed E-state index contributed by atoms with van der Waals surface area (Å²) < 4.78 is 0. The highest BCUT2D eigenvalue weighted by Crippen LogP contribution is 2.22. The number of thioether (sulfide) groups is 1. The third-order valence-electron chi connectivity index (χ3n) is 3.16. The van der Waals surface area contributed by atoms with Crippen molar-refractivity contribution >= 4 is 29.3 Å². The van der Waals surface area contributed by atoms with E-state index in [1.54, 1.807) is 11.8 Å². The van der Waals surface area contributed by atoms with Crippen LogP contribution in [0, 0.1) is 12.8 Å². The van der Waals surface area contributed by atoms with E-state index in [0.29, 0.717) is 18.2 Å². The van der Waals surface area contributed by atoms with Crippen LogP contribution in [-0.2, 0) is 4.79 Å². The standard InChI is InChI=1S/C14H18ClNOS/c1-11-2-4-13(5-3-11)18-7-6-16-10-12(9-15)8-14(16)17/h2-5,12H,6-10H2,1H3. The van der Waals surface area contributed by atoms with E-state index >= 15 is 0 Å². The van der Waals surface area contributed by atoms with Crippen molar-refractivity contribution in [3.63, 3.8) is 0 Å². The minimum Gasteiger partial charge on any atom is -0.342 e. The maximum Gasteiger partial charge on any atom is 0.222 e. The first-order valence-corrected chi connectivity index (χ1v) is 7.74. The highest BCUT2D eigenvalue weighted by Gasteiger charge is 2.28. The molecule has 0 radical (unpaired) electrons. The fourth-order valence-electron chi connectivity index (χ4n) is 2.08. The molecule has 98 valence electrons. The smallest absolute Gasteiger partial charge is 0.222 e. The highest BCUT2D eigenvalue weighted by molar-refractivity contribution is 7.99. The second-order valence-corrected chi connectivity index (χ2v) is 6.20. The number of alkyl halides is 1. The number of likely N-dealkylation sites (tertiary alicyclic amines) is 1. The number of halogens is 1. The molecule has 1 heterocycles. The first-order chi connectivity index (χ1) is 8.69. The molecule has 0 spiro atoms. The zero-order valence-electron chi connectivity index (χ0n) is 10.6. The van der Waals surface area contributed by atoms with E-state index in [1.807, 2.05) is 4.90 Å². The molecule has 1 aliphatic rings. The average molecular weight is 284 g/mol. The SMILES string of the molecule is Cc1ccc(SCCN2CC(CCl)CC2=O)cc1. The van der Waals surface area contributed by atoms with E-state index in [-0.39, 0.29) is 5.91 Å². The fraction of sp³-hybridized carbons (Fsp3) is 0.500. The molecule has 1 atom stereocenters. The van der Waals surface area contributed by atoms with Crippen LogP contribution in [0.4, 0.5) is 0 Å². The van der Waals surface area contributed by atoms with Crippen LogP contribution in [0.15, 0.2) is 29.2 Å². The summed E-state index contributed by atoms with van der Waals surface area (Å²) in [5.74, 6) is 2.14. The fourth-order valence-corrected chi connectivity index (χ4v) is 3.16. The first kappa shape index (κ1) is 13.8. The molecule has 0 bridgehead atoms. The predicted octanol–water partition coefficient (Wildman–Crippen LogP) is 3.17. The van der Waals surface area contributed by atoms with Crippen molar-refractivity contribution in [1.29, 1.82) is 0 Å². The summed E-state index contributed by atoms with van der Waals surface area (Å²) in [7, 11) is 0. The van der Waals surface area contributed by atoms with Gasteiger partial charge in [-0.2, -0.15) is 0 Å². The zero-order valence-corrected chi connectivity index (χ0v) is 12.1. The minimum atomic E-state index is 0.255. The third-order valence-corrected chi connectivity index (χ3v) is 4.59. The van der Waals surface area contributed by atoms with Gasteiger partial charge in [-0.3, -0.25) is 4.79 Å². The lowest BCUT2D eigenvalue weighted by Gasteiger charge is -2.15. The maximum absolute atomic E-state index is 11.7. The Kier molecular flexibility index (Phi) is 4.95. The normalized spacial score (nSPS) is 19.6. The molecule has 1 fully saturated rings. The van der Waals surface area contributed by atoms with Crippen LogP contribution in [0.1, 0.15) is 12.0 Å². The van der Waals surface area contributed by atoms with Gasteiger partial charge in [0.15, 0.2) is 0 Å². The number of rotatable bonds is 5. The molecule has 1 aromatic carbocycles. The zero-order chi connectivity index (χ0) is 13.0. The van der Waals surface area contributed by atoms with Gasteiger partial charge in [-0.05, 0) is 25.0 Å². The number of carbonyl (C=O) groups is 1. The Hall–Kier alpha value is -0.670. The van der Waals surface area contributed by atoms with E-state index in [2.05, 4.69) is 31.2 Å². The molecule has 2 rings (SSSR count). The van der Waals surface area contributed by atoms with Crippen molar-refractivity contribution in [2.24, 2.45) is 5.92 Å². The second kappa shape index (κ2) is 6.48. The number of carbonyl (C=O) groups excluding carboxylic acids is 1. The van der Waals surface area contributed by atoms with Gasteiger partial charge in [-0.25, -0.2) is 0 Å². The quantitative estimate of drug-likeness (QED) is 0.611. The van der Waals surface area contributed by atoms with E-state index < -0.39 is 0 Å². The van der Waals surface area contributed by atoms with Crippen molar-refractivity contribution in [1.82, 2.24) is 4.90 Å². The lowest BCUT2D eigenvalue weighted by Crippen LogP contribution is -2.27. The lowest BCUT2D eigenvalue weighted by atomic mass is 10.2. The van der Waals surface area contributed by atoms with Crippen molar-refractivity contribution in [3.05, 3.63) is 29.8 Å². The summed E-state index contributed by atoms with van der Waals surface area (Å²) in [6, 6.07) is 8.50. The van der Waals surface area contributed by atoms with Crippen molar-refractivity contribution in [2.75, 3.05) is 24.7 Å². The number of hydrogen-bond acceptors (Lipinski definition) is 2. The molecule has 0 aromatic heterocycles. The number of nitrogens with zero attached hydrogens (tertiary/aromatic N) is 1. The Bertz CT molecular complexity index is 407. The van der Waals surface area contributed by atoms with Gasteiger partial charge in [-0.1, -0.05) is 17.7 Å². The topological polar surface area (TPSA) is 20.3 Å². The second-order valence-electron chi connectivity index (χ2n) is 4.73. The molecular formula is C14H18ClNOS. The maximum atomic E-state index is 11.7. The average Bonchev–Trinajstić information content (AvgIpc) is 2.73. The largest absolute Gasteiger partial charge is 0.342 e. The van der Waals surface area contributed by atoms with Crippen molar-refractivity contribution in [2.45, 2.75) is 18.2 Å². The molecular weight excluding hydrogens is 266 g/mol. The molecule has 1 aromatic rings. The van der Waals surface area contributed by atoms with Gasteiger partial charge in [0, 0.05) is 36.0 Å². The summed E-state index contributed by atoms with van der Waals surface area (Å²) in [6.07, 6.45) is 0.624. The Balaban J connectivity index is 1.75.